The molecule has 1 heterocycles. The third-order valence-electron chi connectivity index (χ3n) is 2.03. The first kappa shape index (κ1) is 10.5. The zero-order chi connectivity index (χ0) is 11.5. The van der Waals surface area contributed by atoms with Crippen LogP contribution in [0, 0.1) is 11.6 Å². The molecule has 0 atom stereocenters. The molecule has 0 bridgehead atoms. The zero-order valence-electron chi connectivity index (χ0n) is 8.45. The van der Waals surface area contributed by atoms with Crippen molar-refractivity contribution in [3.63, 3.8) is 0 Å². The first-order valence-corrected chi connectivity index (χ1v) is 4.53. The van der Waals surface area contributed by atoms with E-state index in [0.717, 1.165) is 12.1 Å². The van der Waals surface area contributed by atoms with E-state index in [1.54, 1.807) is 6.07 Å². The average Bonchev–Trinajstić information content (AvgIpc) is 2.33. The molecule has 0 fully saturated rings. The molecule has 2 rings (SSSR count). The fourth-order valence-corrected chi connectivity index (χ4v) is 1.26. The van der Waals surface area contributed by atoms with Crippen molar-refractivity contribution in [3.8, 4) is 17.3 Å². The van der Waals surface area contributed by atoms with Gasteiger partial charge in [-0.3, -0.25) is 0 Å². The molecule has 0 saturated heterocycles. The maximum Gasteiger partial charge on any atom is 0.316 e. The predicted octanol–water partition coefficient (Wildman–Crippen LogP) is 2.43. The lowest BCUT2D eigenvalue weighted by atomic mass is 10.1. The maximum atomic E-state index is 13.0. The molecule has 0 N–H and O–H groups in total. The molecule has 0 unspecified atom stereocenters. The van der Waals surface area contributed by atoms with Crippen LogP contribution in [0.4, 0.5) is 8.78 Å². The quantitative estimate of drug-likeness (QED) is 0.782. The summed E-state index contributed by atoms with van der Waals surface area (Å²) in [6.45, 7) is 0. The molecule has 0 radical (unpaired) electrons. The number of hydrogen-bond donors (Lipinski definition) is 0. The van der Waals surface area contributed by atoms with Crippen LogP contribution in [-0.2, 0) is 0 Å². The number of hydrogen-bond acceptors (Lipinski definition) is 3. The van der Waals surface area contributed by atoms with E-state index in [9.17, 15) is 8.78 Å². The summed E-state index contributed by atoms with van der Waals surface area (Å²) in [5, 5.41) is 0. The van der Waals surface area contributed by atoms with Crippen LogP contribution in [0.15, 0.2) is 30.5 Å². The van der Waals surface area contributed by atoms with E-state index in [1.807, 2.05) is 0 Å². The summed E-state index contributed by atoms with van der Waals surface area (Å²) in [6, 6.07) is 5.35. The molecule has 2 aromatic rings. The number of halogens is 2. The average molecular weight is 222 g/mol. The Morgan fingerprint density at radius 1 is 1.12 bits per heavy atom. The van der Waals surface area contributed by atoms with E-state index < -0.39 is 11.6 Å². The SMILES string of the molecule is COc1nccc(-c2ccc(F)c(F)c2)n1. The van der Waals surface area contributed by atoms with Crippen molar-refractivity contribution < 1.29 is 13.5 Å². The third kappa shape index (κ3) is 1.98. The highest BCUT2D eigenvalue weighted by Crippen LogP contribution is 2.20. The smallest absolute Gasteiger partial charge is 0.316 e. The van der Waals surface area contributed by atoms with Crippen LogP contribution in [0.3, 0.4) is 0 Å². The van der Waals surface area contributed by atoms with Gasteiger partial charge < -0.3 is 4.74 Å². The summed E-state index contributed by atoms with van der Waals surface area (Å²) in [7, 11) is 1.43. The number of methoxy groups -OCH3 is 1. The van der Waals surface area contributed by atoms with Gasteiger partial charge in [-0.25, -0.2) is 13.8 Å². The van der Waals surface area contributed by atoms with Gasteiger partial charge in [-0.15, -0.1) is 0 Å². The molecule has 1 aromatic carbocycles. The van der Waals surface area contributed by atoms with Crippen LogP contribution < -0.4 is 4.74 Å². The molecule has 16 heavy (non-hydrogen) atoms. The Morgan fingerprint density at radius 3 is 2.62 bits per heavy atom. The minimum Gasteiger partial charge on any atom is -0.467 e. The van der Waals surface area contributed by atoms with E-state index in [-0.39, 0.29) is 6.01 Å². The van der Waals surface area contributed by atoms with Crippen molar-refractivity contribution >= 4 is 0 Å². The van der Waals surface area contributed by atoms with Crippen molar-refractivity contribution in [1.82, 2.24) is 9.97 Å². The summed E-state index contributed by atoms with van der Waals surface area (Å²) in [5.41, 5.74) is 0.949. The zero-order valence-corrected chi connectivity index (χ0v) is 8.45. The molecular formula is C11H8F2N2O. The summed E-state index contributed by atoms with van der Waals surface area (Å²) >= 11 is 0. The Hall–Kier alpha value is -2.04. The summed E-state index contributed by atoms with van der Waals surface area (Å²) < 4.78 is 30.6. The van der Waals surface area contributed by atoms with E-state index in [2.05, 4.69) is 9.97 Å². The Balaban J connectivity index is 2.46. The highest BCUT2D eigenvalue weighted by molar-refractivity contribution is 5.58. The van der Waals surface area contributed by atoms with E-state index >= 15 is 0 Å². The molecule has 82 valence electrons. The van der Waals surface area contributed by atoms with Crippen LogP contribution in [0.5, 0.6) is 6.01 Å². The number of ether oxygens (including phenoxy) is 1. The fraction of sp³-hybridized carbons (Fsp3) is 0.0909. The maximum absolute atomic E-state index is 13.0. The summed E-state index contributed by atoms with van der Waals surface area (Å²) in [4.78, 5) is 7.83. The molecule has 0 spiro atoms. The van der Waals surface area contributed by atoms with Gasteiger partial charge in [0, 0.05) is 11.8 Å². The molecule has 3 nitrogen and oxygen atoms in total. The van der Waals surface area contributed by atoms with E-state index in [0.29, 0.717) is 11.3 Å². The largest absolute Gasteiger partial charge is 0.467 e. The van der Waals surface area contributed by atoms with Gasteiger partial charge in [-0.1, -0.05) is 0 Å². The molecule has 1 aromatic heterocycles. The first-order chi connectivity index (χ1) is 7.70. The minimum atomic E-state index is -0.907. The van der Waals surface area contributed by atoms with Crippen LogP contribution in [0.1, 0.15) is 0 Å². The van der Waals surface area contributed by atoms with Gasteiger partial charge >= 0.3 is 6.01 Å². The van der Waals surface area contributed by atoms with Gasteiger partial charge in [0.25, 0.3) is 0 Å². The Morgan fingerprint density at radius 2 is 1.94 bits per heavy atom. The predicted molar refractivity (Wildman–Crippen MR) is 53.9 cm³/mol. The van der Waals surface area contributed by atoms with Crippen molar-refractivity contribution in [1.29, 1.82) is 0 Å². The normalized spacial score (nSPS) is 10.2. The fourth-order valence-electron chi connectivity index (χ4n) is 1.26. The standard InChI is InChI=1S/C11H8F2N2O/c1-16-11-14-5-4-10(15-11)7-2-3-8(12)9(13)6-7/h2-6H,1H3. The number of benzene rings is 1. The first-order valence-electron chi connectivity index (χ1n) is 4.53. The van der Waals surface area contributed by atoms with Gasteiger partial charge in [-0.05, 0) is 24.3 Å². The molecule has 0 amide bonds. The Labute approximate surface area is 90.7 Å². The summed E-state index contributed by atoms with van der Waals surface area (Å²) in [5.74, 6) is -1.79. The molecule has 0 aliphatic rings. The lowest BCUT2D eigenvalue weighted by Gasteiger charge is -2.03. The van der Waals surface area contributed by atoms with Crippen LogP contribution in [0.2, 0.25) is 0 Å². The number of aromatic nitrogens is 2. The van der Waals surface area contributed by atoms with Gasteiger partial charge in [0.15, 0.2) is 11.6 Å². The second-order valence-corrected chi connectivity index (χ2v) is 3.06. The molecule has 0 aliphatic heterocycles. The highest BCUT2D eigenvalue weighted by Gasteiger charge is 2.06. The van der Waals surface area contributed by atoms with Gasteiger partial charge in [0.2, 0.25) is 0 Å². The van der Waals surface area contributed by atoms with Crippen molar-refractivity contribution in [3.05, 3.63) is 42.1 Å². The Bertz CT molecular complexity index is 517. The van der Waals surface area contributed by atoms with E-state index in [4.69, 9.17) is 4.74 Å². The lowest BCUT2D eigenvalue weighted by molar-refractivity contribution is 0.380. The van der Waals surface area contributed by atoms with Gasteiger partial charge in [0.1, 0.15) is 0 Å². The molecule has 0 saturated carbocycles. The summed E-state index contributed by atoms with van der Waals surface area (Å²) in [6.07, 6.45) is 1.49. The second-order valence-electron chi connectivity index (χ2n) is 3.06. The van der Waals surface area contributed by atoms with Crippen LogP contribution in [-0.4, -0.2) is 17.1 Å². The monoisotopic (exact) mass is 222 g/mol. The van der Waals surface area contributed by atoms with Crippen LogP contribution >= 0.6 is 0 Å². The third-order valence-corrected chi connectivity index (χ3v) is 2.03. The van der Waals surface area contributed by atoms with Crippen LogP contribution in [0.25, 0.3) is 11.3 Å². The molecule has 0 aliphatic carbocycles. The van der Waals surface area contributed by atoms with Crippen molar-refractivity contribution in [2.75, 3.05) is 7.11 Å². The minimum absolute atomic E-state index is 0.183. The van der Waals surface area contributed by atoms with Gasteiger partial charge in [0.05, 0.1) is 12.8 Å². The second kappa shape index (κ2) is 4.22. The van der Waals surface area contributed by atoms with Crippen molar-refractivity contribution in [2.45, 2.75) is 0 Å². The van der Waals surface area contributed by atoms with E-state index in [1.165, 1.54) is 19.4 Å². The highest BCUT2D eigenvalue weighted by atomic mass is 19.2. The lowest BCUT2D eigenvalue weighted by Crippen LogP contribution is -1.93. The number of rotatable bonds is 2. The molecular weight excluding hydrogens is 214 g/mol. The molecule has 5 heteroatoms. The van der Waals surface area contributed by atoms with Crippen molar-refractivity contribution in [2.24, 2.45) is 0 Å². The Kier molecular flexibility index (Phi) is 2.76. The number of nitrogens with zero attached hydrogens (tertiary/aromatic N) is 2. The topological polar surface area (TPSA) is 35.0 Å². The van der Waals surface area contributed by atoms with Gasteiger partial charge in [-0.2, -0.15) is 4.98 Å².